The fraction of sp³-hybridized carbons (Fsp3) is 0.444. The number of nitrogens with one attached hydrogen (secondary N) is 1. The lowest BCUT2D eigenvalue weighted by Crippen LogP contribution is -2.22. The van der Waals surface area contributed by atoms with E-state index in [-0.39, 0.29) is 6.54 Å². The van der Waals surface area contributed by atoms with E-state index in [2.05, 4.69) is 16.4 Å². The Labute approximate surface area is 100 Å². The summed E-state index contributed by atoms with van der Waals surface area (Å²) in [5, 5.41) is 5.55. The molecule has 16 heavy (non-hydrogen) atoms. The van der Waals surface area contributed by atoms with Crippen LogP contribution in [0.2, 0.25) is 5.02 Å². The van der Waals surface area contributed by atoms with E-state index in [4.69, 9.17) is 11.6 Å². The number of hydrogen-bond acceptors (Lipinski definition) is 3. The van der Waals surface area contributed by atoms with Gasteiger partial charge in [-0.05, 0) is 6.42 Å². The zero-order valence-corrected chi connectivity index (χ0v) is 10.8. The first kappa shape index (κ1) is 13.2. The number of sulfonamides is 1. The second-order valence-corrected chi connectivity index (χ2v) is 5.31. The highest BCUT2D eigenvalue weighted by atomic mass is 35.5. The first-order valence-corrected chi connectivity index (χ1v) is 6.66. The van der Waals surface area contributed by atoms with E-state index in [1.54, 1.807) is 11.7 Å². The third-order valence-electron chi connectivity index (χ3n) is 2.16. The van der Waals surface area contributed by atoms with Gasteiger partial charge in [-0.3, -0.25) is 4.68 Å². The minimum Gasteiger partial charge on any atom is -0.269 e. The number of aryl methyl sites for hydroxylation is 2. The van der Waals surface area contributed by atoms with Gasteiger partial charge in [0.1, 0.15) is 0 Å². The van der Waals surface area contributed by atoms with Gasteiger partial charge in [0, 0.05) is 12.5 Å². The summed E-state index contributed by atoms with van der Waals surface area (Å²) in [6.07, 6.45) is 0.709. The maximum atomic E-state index is 11.2. The smallest absolute Gasteiger partial charge is 0.233 e. The van der Waals surface area contributed by atoms with Gasteiger partial charge >= 0.3 is 0 Å². The van der Waals surface area contributed by atoms with Crippen molar-refractivity contribution >= 4 is 21.6 Å². The highest BCUT2D eigenvalue weighted by molar-refractivity contribution is 7.92. The predicted molar refractivity (Wildman–Crippen MR) is 63.6 cm³/mol. The Morgan fingerprint density at radius 1 is 1.62 bits per heavy atom. The van der Waals surface area contributed by atoms with Crippen LogP contribution in [0.5, 0.6) is 0 Å². The summed E-state index contributed by atoms with van der Waals surface area (Å²) < 4.78 is 26.3. The average Bonchev–Trinajstić information content (AvgIpc) is 2.51. The molecule has 0 spiro atoms. The van der Waals surface area contributed by atoms with Gasteiger partial charge in [-0.25, -0.2) is 13.1 Å². The lowest BCUT2D eigenvalue weighted by Gasteiger charge is -2.03. The Morgan fingerprint density at radius 2 is 2.25 bits per heavy atom. The van der Waals surface area contributed by atoms with Crippen LogP contribution in [0, 0.1) is 0 Å². The number of rotatable bonds is 5. The Morgan fingerprint density at radius 3 is 2.69 bits per heavy atom. The topological polar surface area (TPSA) is 64.0 Å². The molecule has 1 heterocycles. The maximum absolute atomic E-state index is 11.2. The first-order chi connectivity index (χ1) is 7.41. The van der Waals surface area contributed by atoms with Crippen LogP contribution in [-0.4, -0.2) is 18.2 Å². The van der Waals surface area contributed by atoms with Crippen molar-refractivity contribution in [3.63, 3.8) is 0 Å². The van der Waals surface area contributed by atoms with E-state index in [0.717, 1.165) is 11.1 Å². The number of hydrogen-bond donors (Lipinski definition) is 1. The van der Waals surface area contributed by atoms with Crippen LogP contribution in [0.3, 0.4) is 0 Å². The highest BCUT2D eigenvalue weighted by Crippen LogP contribution is 2.20. The molecule has 0 atom stereocenters. The summed E-state index contributed by atoms with van der Waals surface area (Å²) in [4.78, 5) is 0. The molecule has 1 aromatic rings. The third kappa shape index (κ3) is 2.84. The molecule has 0 aliphatic heterocycles. The van der Waals surface area contributed by atoms with Crippen molar-refractivity contribution in [1.82, 2.24) is 14.5 Å². The molecule has 90 valence electrons. The Bertz CT molecular complexity index is 493. The van der Waals surface area contributed by atoms with Crippen LogP contribution in [-0.2, 0) is 30.0 Å². The Kier molecular flexibility index (Phi) is 4.12. The van der Waals surface area contributed by atoms with Crippen molar-refractivity contribution in [1.29, 1.82) is 0 Å². The zero-order chi connectivity index (χ0) is 12.3. The van der Waals surface area contributed by atoms with E-state index < -0.39 is 10.0 Å². The second-order valence-electron chi connectivity index (χ2n) is 3.22. The van der Waals surface area contributed by atoms with Gasteiger partial charge in [-0.15, -0.1) is 0 Å². The lowest BCUT2D eigenvalue weighted by atomic mass is 10.3. The van der Waals surface area contributed by atoms with E-state index in [9.17, 15) is 8.42 Å². The fourth-order valence-electron chi connectivity index (χ4n) is 1.24. The zero-order valence-electron chi connectivity index (χ0n) is 9.20. The van der Waals surface area contributed by atoms with E-state index in [0.29, 0.717) is 17.1 Å². The van der Waals surface area contributed by atoms with Crippen LogP contribution in [0.4, 0.5) is 0 Å². The van der Waals surface area contributed by atoms with Crippen molar-refractivity contribution in [2.45, 2.75) is 19.9 Å². The number of halogens is 1. The van der Waals surface area contributed by atoms with Gasteiger partial charge in [0.15, 0.2) is 0 Å². The molecule has 5 nitrogen and oxygen atoms in total. The SMILES string of the molecule is C=CS(=O)(=O)NCc1c(Cl)c(CC)nn1C. The maximum Gasteiger partial charge on any atom is 0.233 e. The molecule has 0 saturated carbocycles. The van der Waals surface area contributed by atoms with Crippen molar-refractivity contribution in [3.05, 3.63) is 28.4 Å². The average molecular weight is 264 g/mol. The van der Waals surface area contributed by atoms with Gasteiger partial charge in [0.05, 0.1) is 23.0 Å². The number of aromatic nitrogens is 2. The molecule has 1 aromatic heterocycles. The molecule has 0 fully saturated rings. The minimum atomic E-state index is -3.43. The van der Waals surface area contributed by atoms with Crippen LogP contribution >= 0.6 is 11.6 Å². The fourth-order valence-corrected chi connectivity index (χ4v) is 2.06. The van der Waals surface area contributed by atoms with Crippen molar-refractivity contribution in [2.75, 3.05) is 0 Å². The van der Waals surface area contributed by atoms with Gasteiger partial charge in [-0.1, -0.05) is 25.1 Å². The highest BCUT2D eigenvalue weighted by Gasteiger charge is 2.14. The van der Waals surface area contributed by atoms with E-state index in [1.807, 2.05) is 6.92 Å². The summed E-state index contributed by atoms with van der Waals surface area (Å²) in [6, 6.07) is 0. The molecule has 0 radical (unpaired) electrons. The van der Waals surface area contributed by atoms with Gasteiger partial charge in [-0.2, -0.15) is 5.10 Å². The van der Waals surface area contributed by atoms with Crippen molar-refractivity contribution in [2.24, 2.45) is 7.05 Å². The predicted octanol–water partition coefficient (Wildman–Crippen LogP) is 1.20. The molecule has 1 rings (SSSR count). The van der Waals surface area contributed by atoms with Crippen LogP contribution < -0.4 is 4.72 Å². The summed E-state index contributed by atoms with van der Waals surface area (Å²) in [5.74, 6) is 0. The summed E-state index contributed by atoms with van der Waals surface area (Å²) in [5.41, 5.74) is 1.40. The molecule has 7 heteroatoms. The van der Waals surface area contributed by atoms with Crippen molar-refractivity contribution in [3.8, 4) is 0 Å². The molecule has 0 aliphatic rings. The quantitative estimate of drug-likeness (QED) is 0.868. The molecule has 0 saturated heterocycles. The first-order valence-electron chi connectivity index (χ1n) is 4.73. The Hall–Kier alpha value is -0.850. The molecule has 0 amide bonds. The third-order valence-corrected chi connectivity index (χ3v) is 3.59. The molecule has 1 N–H and O–H groups in total. The van der Waals surface area contributed by atoms with E-state index in [1.165, 1.54) is 0 Å². The molecule has 0 bridgehead atoms. The molecular formula is C9H14ClN3O2S. The number of nitrogens with zero attached hydrogens (tertiary/aromatic N) is 2. The lowest BCUT2D eigenvalue weighted by molar-refractivity contribution is 0.586. The normalized spacial score (nSPS) is 11.7. The van der Waals surface area contributed by atoms with Crippen LogP contribution in [0.25, 0.3) is 0 Å². The molecular weight excluding hydrogens is 250 g/mol. The molecule has 0 aliphatic carbocycles. The van der Waals surface area contributed by atoms with Gasteiger partial charge in [0.25, 0.3) is 0 Å². The van der Waals surface area contributed by atoms with Gasteiger partial charge in [0.2, 0.25) is 10.0 Å². The minimum absolute atomic E-state index is 0.108. The van der Waals surface area contributed by atoms with Crippen molar-refractivity contribution < 1.29 is 8.42 Å². The molecule has 0 unspecified atom stereocenters. The largest absolute Gasteiger partial charge is 0.269 e. The van der Waals surface area contributed by atoms with Crippen LogP contribution in [0.1, 0.15) is 18.3 Å². The standard InChI is InChI=1S/C9H14ClN3O2S/c1-4-7-9(10)8(13(3)12-7)6-11-16(14,15)5-2/h5,11H,2,4,6H2,1,3H3. The second kappa shape index (κ2) is 4.99. The van der Waals surface area contributed by atoms with Crippen LogP contribution in [0.15, 0.2) is 12.0 Å². The van der Waals surface area contributed by atoms with E-state index >= 15 is 0 Å². The monoisotopic (exact) mass is 263 g/mol. The summed E-state index contributed by atoms with van der Waals surface area (Å²) in [7, 11) is -1.71. The Balaban J connectivity index is 2.90. The summed E-state index contributed by atoms with van der Waals surface area (Å²) >= 11 is 6.06. The molecule has 0 aromatic carbocycles. The van der Waals surface area contributed by atoms with Gasteiger partial charge < -0.3 is 0 Å². The summed E-state index contributed by atoms with van der Waals surface area (Å²) in [6.45, 7) is 5.25.